The fraction of sp³-hybridized carbons (Fsp3) is 0.429. The quantitative estimate of drug-likeness (QED) is 0.304. The first-order chi connectivity index (χ1) is 14.5. The molecule has 4 unspecified atom stereocenters. The molecule has 0 aliphatic heterocycles. The van der Waals surface area contributed by atoms with Gasteiger partial charge in [0.25, 0.3) is 11.8 Å². The second kappa shape index (κ2) is 9.84. The highest BCUT2D eigenvalue weighted by Gasteiger charge is 2.58. The maximum absolute atomic E-state index is 13.1. The first kappa shape index (κ1) is 24.2. The normalized spacial score (nSPS) is 20.1. The van der Waals surface area contributed by atoms with Crippen LogP contribution < -0.4 is 10.8 Å². The molecule has 0 saturated heterocycles. The third-order valence-corrected chi connectivity index (χ3v) is 4.76. The maximum atomic E-state index is 13.1. The Hall–Kier alpha value is -3.05. The minimum atomic E-state index is -5.25. The van der Waals surface area contributed by atoms with Gasteiger partial charge in [-0.1, -0.05) is 11.8 Å². The maximum Gasteiger partial charge on any atom is 0.419 e. The Morgan fingerprint density at radius 2 is 1.90 bits per heavy atom. The zero-order chi connectivity index (χ0) is 23.2. The van der Waals surface area contributed by atoms with E-state index in [0.717, 1.165) is 11.9 Å². The van der Waals surface area contributed by atoms with Crippen LogP contribution in [-0.2, 0) is 9.53 Å². The van der Waals surface area contributed by atoms with Gasteiger partial charge >= 0.3 is 6.18 Å². The molecule has 166 valence electrons. The van der Waals surface area contributed by atoms with Crippen LogP contribution in [0.5, 0.6) is 0 Å². The predicted molar refractivity (Wildman–Crippen MR) is 102 cm³/mol. The molecule has 1 aromatic rings. The van der Waals surface area contributed by atoms with E-state index in [1.165, 1.54) is 24.3 Å². The van der Waals surface area contributed by atoms with Gasteiger partial charge in [0.15, 0.2) is 5.60 Å². The molecule has 1 aliphatic carbocycles. The molecule has 0 radical (unpaired) electrons. The molecule has 1 saturated carbocycles. The Bertz CT molecular complexity index is 936. The largest absolute Gasteiger partial charge is 0.419 e. The Balaban J connectivity index is 2.05. The van der Waals surface area contributed by atoms with Crippen molar-refractivity contribution in [2.24, 2.45) is 11.8 Å². The Kier molecular flexibility index (Phi) is 7.69. The van der Waals surface area contributed by atoms with E-state index in [1.807, 2.05) is 0 Å². The first-order valence-corrected chi connectivity index (χ1v) is 9.15. The smallest absolute Gasteiger partial charge is 0.384 e. The number of methoxy groups -OCH3 is 1. The standard InChI is InChI=1S/C21H21F3N2O5/c1-20(29,21(22,23)24)17(19(28)26-30)25-18(27)14-9-7-13(8-10-14)5-3-4-6-15-11-16(15)12-31-2/h7-10,15-17,29-30H,11-12H2,1-2H3,(H,25,27)(H,26,28). The second-order valence-electron chi connectivity index (χ2n) is 7.18. The number of alkyl halides is 3. The first-order valence-electron chi connectivity index (χ1n) is 9.15. The second-order valence-corrected chi connectivity index (χ2v) is 7.18. The number of carbonyl (C=O) groups excluding carboxylic acids is 2. The summed E-state index contributed by atoms with van der Waals surface area (Å²) in [5.41, 5.74) is -2.18. The summed E-state index contributed by atoms with van der Waals surface area (Å²) in [5.74, 6) is 9.26. The summed E-state index contributed by atoms with van der Waals surface area (Å²) >= 11 is 0. The van der Waals surface area contributed by atoms with Crippen LogP contribution in [0.2, 0.25) is 0 Å². The molecule has 31 heavy (non-hydrogen) atoms. The minimum absolute atomic E-state index is 0.0780. The molecule has 7 nitrogen and oxygen atoms in total. The molecular weight excluding hydrogens is 417 g/mol. The number of benzene rings is 1. The fourth-order valence-corrected chi connectivity index (χ4v) is 2.66. The molecule has 4 atom stereocenters. The molecule has 0 aromatic heterocycles. The molecule has 10 heteroatoms. The van der Waals surface area contributed by atoms with Gasteiger partial charge in [0.1, 0.15) is 6.04 Å². The lowest BCUT2D eigenvalue weighted by Crippen LogP contribution is -2.64. The molecule has 0 spiro atoms. The molecule has 2 rings (SSSR count). The molecule has 1 fully saturated rings. The van der Waals surface area contributed by atoms with Crippen LogP contribution in [0.1, 0.15) is 29.3 Å². The number of hydrogen-bond acceptors (Lipinski definition) is 5. The number of hydrogen-bond donors (Lipinski definition) is 4. The SMILES string of the molecule is COCC1CC1C#CC#Cc1ccc(C(=O)NC(C(=O)NO)C(C)(O)C(F)(F)F)cc1. The minimum Gasteiger partial charge on any atom is -0.384 e. The summed E-state index contributed by atoms with van der Waals surface area (Å²) in [6.07, 6.45) is -4.27. The van der Waals surface area contributed by atoms with Crippen LogP contribution >= 0.6 is 0 Å². The number of ether oxygens (including phenoxy) is 1. The lowest BCUT2D eigenvalue weighted by molar-refractivity contribution is -0.260. The number of amides is 2. The topological polar surface area (TPSA) is 108 Å². The number of rotatable bonds is 6. The van der Waals surface area contributed by atoms with Crippen LogP contribution in [0.25, 0.3) is 0 Å². The molecule has 0 bridgehead atoms. The van der Waals surface area contributed by atoms with Gasteiger partial charge in [0.2, 0.25) is 0 Å². The third-order valence-electron chi connectivity index (χ3n) is 4.76. The summed E-state index contributed by atoms with van der Waals surface area (Å²) in [7, 11) is 1.63. The van der Waals surface area contributed by atoms with Gasteiger partial charge in [0, 0.05) is 24.2 Å². The van der Waals surface area contributed by atoms with Crippen molar-refractivity contribution < 1.29 is 37.8 Å². The van der Waals surface area contributed by atoms with Crippen molar-refractivity contribution in [1.29, 1.82) is 0 Å². The average Bonchev–Trinajstić information content (AvgIpc) is 3.46. The van der Waals surface area contributed by atoms with Crippen LogP contribution in [0.3, 0.4) is 0 Å². The van der Waals surface area contributed by atoms with Gasteiger partial charge in [-0.05, 0) is 55.4 Å². The predicted octanol–water partition coefficient (Wildman–Crippen LogP) is 1.24. The van der Waals surface area contributed by atoms with Gasteiger partial charge in [-0.15, -0.1) is 0 Å². The monoisotopic (exact) mass is 438 g/mol. The average molecular weight is 438 g/mol. The highest BCUT2D eigenvalue weighted by molar-refractivity contribution is 5.97. The van der Waals surface area contributed by atoms with E-state index in [4.69, 9.17) is 9.94 Å². The van der Waals surface area contributed by atoms with E-state index >= 15 is 0 Å². The number of hydroxylamine groups is 1. The van der Waals surface area contributed by atoms with Crippen LogP contribution in [-0.4, -0.2) is 53.7 Å². The summed E-state index contributed by atoms with van der Waals surface area (Å²) < 4.78 is 44.2. The van der Waals surface area contributed by atoms with Crippen molar-refractivity contribution in [3.05, 3.63) is 35.4 Å². The van der Waals surface area contributed by atoms with Gasteiger partial charge in [-0.25, -0.2) is 5.48 Å². The van der Waals surface area contributed by atoms with Crippen molar-refractivity contribution in [1.82, 2.24) is 10.8 Å². The molecule has 0 heterocycles. The van der Waals surface area contributed by atoms with Crippen molar-refractivity contribution >= 4 is 11.8 Å². The van der Waals surface area contributed by atoms with Crippen LogP contribution in [0, 0.1) is 35.5 Å². The van der Waals surface area contributed by atoms with Crippen molar-refractivity contribution in [2.45, 2.75) is 31.2 Å². The number of aliphatic hydroxyl groups is 1. The van der Waals surface area contributed by atoms with Gasteiger partial charge in [-0.3, -0.25) is 14.8 Å². The van der Waals surface area contributed by atoms with Crippen molar-refractivity contribution in [2.75, 3.05) is 13.7 Å². The Morgan fingerprint density at radius 1 is 1.26 bits per heavy atom. The van der Waals surface area contributed by atoms with Crippen molar-refractivity contribution in [3.8, 4) is 23.7 Å². The molecule has 1 aromatic carbocycles. The van der Waals surface area contributed by atoms with E-state index in [2.05, 4.69) is 23.7 Å². The highest BCUT2D eigenvalue weighted by atomic mass is 19.4. The summed E-state index contributed by atoms with van der Waals surface area (Å²) in [4.78, 5) is 23.9. The van der Waals surface area contributed by atoms with Gasteiger partial charge in [0.05, 0.1) is 6.61 Å². The van der Waals surface area contributed by atoms with E-state index in [-0.39, 0.29) is 11.5 Å². The Labute approximate surface area is 176 Å². The van der Waals surface area contributed by atoms with E-state index in [1.54, 1.807) is 12.4 Å². The van der Waals surface area contributed by atoms with E-state index < -0.39 is 29.6 Å². The summed E-state index contributed by atoms with van der Waals surface area (Å²) in [6.45, 7) is 0.974. The fourth-order valence-electron chi connectivity index (χ4n) is 2.66. The zero-order valence-electron chi connectivity index (χ0n) is 16.7. The summed E-state index contributed by atoms with van der Waals surface area (Å²) in [5, 5.41) is 20.2. The van der Waals surface area contributed by atoms with Crippen LogP contribution in [0.4, 0.5) is 13.2 Å². The number of carbonyl (C=O) groups is 2. The van der Waals surface area contributed by atoms with Crippen LogP contribution in [0.15, 0.2) is 24.3 Å². The molecular formula is C21H21F3N2O5. The molecule has 2 amide bonds. The highest BCUT2D eigenvalue weighted by Crippen LogP contribution is 2.37. The Morgan fingerprint density at radius 3 is 2.45 bits per heavy atom. The molecule has 1 aliphatic rings. The van der Waals surface area contributed by atoms with Crippen molar-refractivity contribution in [3.63, 3.8) is 0 Å². The number of nitrogens with one attached hydrogen (secondary N) is 2. The lowest BCUT2D eigenvalue weighted by atomic mass is 9.94. The third kappa shape index (κ3) is 6.22. The number of halogens is 3. The zero-order valence-corrected chi connectivity index (χ0v) is 16.7. The van der Waals surface area contributed by atoms with E-state index in [0.29, 0.717) is 25.0 Å². The van der Waals surface area contributed by atoms with Gasteiger partial charge in [-0.2, -0.15) is 13.2 Å². The van der Waals surface area contributed by atoms with E-state index in [9.17, 15) is 27.9 Å². The van der Waals surface area contributed by atoms with Gasteiger partial charge < -0.3 is 15.2 Å². The lowest BCUT2D eigenvalue weighted by Gasteiger charge is -2.33. The summed E-state index contributed by atoms with van der Waals surface area (Å²) in [6, 6.07) is 3.01. The molecule has 4 N–H and O–H groups in total.